The Balaban J connectivity index is 1.57. The number of nitrogens with zero attached hydrogens (tertiary/aromatic N) is 2. The quantitative estimate of drug-likeness (QED) is 0.487. The van der Waals surface area contributed by atoms with Crippen LogP contribution in [0.2, 0.25) is 0 Å². The van der Waals surface area contributed by atoms with Crippen LogP contribution in [0.1, 0.15) is 18.4 Å². The fourth-order valence-corrected chi connectivity index (χ4v) is 5.29. The highest BCUT2D eigenvalue weighted by molar-refractivity contribution is 7.92. The highest BCUT2D eigenvalue weighted by Crippen LogP contribution is 2.23. The van der Waals surface area contributed by atoms with E-state index in [1.165, 1.54) is 24.3 Å². The molecule has 12 heteroatoms. The predicted molar refractivity (Wildman–Crippen MR) is 110 cm³/mol. The average molecular weight is 470 g/mol. The first-order chi connectivity index (χ1) is 14.9. The molecule has 31 heavy (non-hydrogen) atoms. The van der Waals surface area contributed by atoms with Gasteiger partial charge in [-0.2, -0.15) is 4.39 Å². The molecule has 2 aromatic rings. The van der Waals surface area contributed by atoms with Gasteiger partial charge < -0.3 is 14.3 Å². The lowest BCUT2D eigenvalue weighted by molar-refractivity contribution is -0.110. The lowest BCUT2D eigenvalue weighted by Crippen LogP contribution is -2.25. The van der Waals surface area contributed by atoms with Crippen LogP contribution in [-0.2, 0) is 28.9 Å². The van der Waals surface area contributed by atoms with E-state index in [0.29, 0.717) is 49.6 Å². The van der Waals surface area contributed by atoms with E-state index in [0.717, 1.165) is 6.20 Å². The number of benzene rings is 1. The predicted octanol–water partition coefficient (Wildman–Crippen LogP) is 1.99. The van der Waals surface area contributed by atoms with Crippen LogP contribution < -0.4 is 5.32 Å². The topological polar surface area (TPSA) is 116 Å². The van der Waals surface area contributed by atoms with E-state index in [4.69, 9.17) is 14.3 Å². The summed E-state index contributed by atoms with van der Waals surface area (Å²) in [5.41, 5.74) is 0.255. The van der Waals surface area contributed by atoms with E-state index in [-0.39, 0.29) is 28.4 Å². The molecule has 9 nitrogen and oxygen atoms in total. The molecular weight excluding hydrogens is 449 g/mol. The number of nitrogens with one attached hydrogen (secondary N) is 1. The third kappa shape index (κ3) is 5.09. The Morgan fingerprint density at radius 3 is 2.55 bits per heavy atom. The Bertz CT molecular complexity index is 1060. The maximum absolute atomic E-state index is 13.2. The van der Waals surface area contributed by atoms with Crippen LogP contribution in [0, 0.1) is 5.13 Å². The SMILES string of the molecule is O=C(Nc1ncc(F)s1)C(=NO[C@@H]1CCOC1)c1ccc(S(=O)(=O)[C@H]2CCOC2)cc1. The number of ether oxygens (including phenoxy) is 2. The van der Waals surface area contributed by atoms with Crippen molar-refractivity contribution < 1.29 is 31.9 Å². The van der Waals surface area contributed by atoms with Crippen molar-refractivity contribution in [1.82, 2.24) is 4.98 Å². The molecule has 1 amide bonds. The van der Waals surface area contributed by atoms with Crippen LogP contribution in [0.3, 0.4) is 0 Å². The summed E-state index contributed by atoms with van der Waals surface area (Å²) in [7, 11) is -3.54. The van der Waals surface area contributed by atoms with Crippen molar-refractivity contribution in [3.63, 3.8) is 0 Å². The van der Waals surface area contributed by atoms with Crippen molar-refractivity contribution in [3.8, 4) is 0 Å². The van der Waals surface area contributed by atoms with Gasteiger partial charge >= 0.3 is 0 Å². The smallest absolute Gasteiger partial charge is 0.280 e. The molecule has 0 spiro atoms. The summed E-state index contributed by atoms with van der Waals surface area (Å²) in [5.74, 6) is -0.659. The van der Waals surface area contributed by atoms with Crippen LogP contribution in [0.25, 0.3) is 0 Å². The molecule has 0 bridgehead atoms. The Kier molecular flexibility index (Phi) is 6.60. The molecule has 2 atom stereocenters. The number of carbonyl (C=O) groups is 1. The first-order valence-corrected chi connectivity index (χ1v) is 12.0. The van der Waals surface area contributed by atoms with Crippen LogP contribution in [-0.4, -0.2) is 62.8 Å². The van der Waals surface area contributed by atoms with Gasteiger partial charge in [0.2, 0.25) is 0 Å². The van der Waals surface area contributed by atoms with Crippen LogP contribution in [0.4, 0.5) is 9.52 Å². The molecule has 0 unspecified atom stereocenters. The van der Waals surface area contributed by atoms with Gasteiger partial charge in [-0.05, 0) is 18.6 Å². The summed E-state index contributed by atoms with van der Waals surface area (Å²) in [6.07, 6.45) is 1.79. The molecular formula is C19H20FN3O6S2. The largest absolute Gasteiger partial charge is 0.389 e. The number of hydrogen-bond donors (Lipinski definition) is 1. The normalized spacial score (nSPS) is 21.9. The van der Waals surface area contributed by atoms with Gasteiger partial charge in [0.1, 0.15) is 0 Å². The molecule has 3 heterocycles. The van der Waals surface area contributed by atoms with Gasteiger partial charge in [-0.3, -0.25) is 10.1 Å². The number of sulfone groups is 1. The van der Waals surface area contributed by atoms with Gasteiger partial charge in [-0.1, -0.05) is 28.6 Å². The second-order valence-corrected chi connectivity index (χ2v) is 10.2. The standard InChI is InChI=1S/C19H20FN3O6S2/c20-16-9-21-19(30-16)22-18(24)17(23-29-13-5-7-27-10-13)12-1-3-14(4-2-12)31(25,26)15-6-8-28-11-15/h1-4,9,13,15H,5-8,10-11H2,(H,21,22,24)/t13-,15+/m1/s1. The number of aromatic nitrogens is 1. The van der Waals surface area contributed by atoms with Gasteiger partial charge in [-0.25, -0.2) is 13.4 Å². The summed E-state index contributed by atoms with van der Waals surface area (Å²) in [6.45, 7) is 1.48. The second-order valence-electron chi connectivity index (χ2n) is 7.01. The number of thiazole rings is 1. The number of halogens is 1. The number of anilines is 1. The summed E-state index contributed by atoms with van der Waals surface area (Å²) in [6, 6.07) is 5.82. The highest BCUT2D eigenvalue weighted by Gasteiger charge is 2.31. The van der Waals surface area contributed by atoms with Crippen LogP contribution >= 0.6 is 11.3 Å². The zero-order valence-electron chi connectivity index (χ0n) is 16.3. The number of amides is 1. The van der Waals surface area contributed by atoms with Crippen LogP contribution in [0.15, 0.2) is 40.5 Å². The summed E-state index contributed by atoms with van der Waals surface area (Å²) >= 11 is 0.675. The molecule has 2 aliphatic rings. The Morgan fingerprint density at radius 1 is 1.19 bits per heavy atom. The number of oxime groups is 1. The molecule has 1 aromatic heterocycles. The monoisotopic (exact) mass is 469 g/mol. The molecule has 0 radical (unpaired) electrons. The fourth-order valence-electron chi connectivity index (χ4n) is 3.17. The van der Waals surface area contributed by atoms with Crippen LogP contribution in [0.5, 0.6) is 0 Å². The van der Waals surface area contributed by atoms with Gasteiger partial charge in [0.05, 0.1) is 36.2 Å². The minimum atomic E-state index is -3.54. The van der Waals surface area contributed by atoms with Crippen molar-refractivity contribution in [2.45, 2.75) is 29.1 Å². The highest BCUT2D eigenvalue weighted by atomic mass is 32.2. The Labute approximate surface area is 182 Å². The summed E-state index contributed by atoms with van der Waals surface area (Å²) in [5, 5.41) is 5.41. The zero-order valence-corrected chi connectivity index (χ0v) is 18.0. The molecule has 0 saturated carbocycles. The second kappa shape index (κ2) is 9.39. The lowest BCUT2D eigenvalue weighted by atomic mass is 10.1. The van der Waals surface area contributed by atoms with Crippen molar-refractivity contribution in [1.29, 1.82) is 0 Å². The van der Waals surface area contributed by atoms with E-state index in [1.807, 2.05) is 0 Å². The van der Waals surface area contributed by atoms with E-state index in [1.54, 1.807) is 0 Å². The Morgan fingerprint density at radius 2 is 1.94 bits per heavy atom. The average Bonchev–Trinajstić information content (AvgIpc) is 3.52. The summed E-state index contributed by atoms with van der Waals surface area (Å²) < 4.78 is 49.1. The van der Waals surface area contributed by atoms with E-state index < -0.39 is 26.1 Å². The van der Waals surface area contributed by atoms with Gasteiger partial charge in [0.15, 0.2) is 31.9 Å². The number of rotatable bonds is 7. The molecule has 1 N–H and O–H groups in total. The molecule has 166 valence electrons. The minimum Gasteiger partial charge on any atom is -0.389 e. The molecule has 2 saturated heterocycles. The van der Waals surface area contributed by atoms with Crippen molar-refractivity contribution in [3.05, 3.63) is 41.2 Å². The van der Waals surface area contributed by atoms with Gasteiger partial charge in [0, 0.05) is 18.6 Å². The molecule has 2 aliphatic heterocycles. The van der Waals surface area contributed by atoms with Crippen molar-refractivity contribution in [2.75, 3.05) is 31.7 Å². The number of carbonyl (C=O) groups excluding carboxylic acids is 1. The maximum atomic E-state index is 13.2. The lowest BCUT2D eigenvalue weighted by Gasteiger charge is -2.12. The third-order valence-electron chi connectivity index (χ3n) is 4.88. The van der Waals surface area contributed by atoms with Gasteiger partial charge in [0.25, 0.3) is 5.91 Å². The van der Waals surface area contributed by atoms with E-state index in [9.17, 15) is 17.6 Å². The minimum absolute atomic E-state index is 0.0693. The molecule has 2 fully saturated rings. The van der Waals surface area contributed by atoms with Crippen molar-refractivity contribution >= 4 is 37.9 Å². The Hall–Kier alpha value is -2.41. The first kappa shape index (κ1) is 21.8. The zero-order chi connectivity index (χ0) is 21.8. The molecule has 0 aliphatic carbocycles. The first-order valence-electron chi connectivity index (χ1n) is 9.60. The van der Waals surface area contributed by atoms with E-state index >= 15 is 0 Å². The fraction of sp³-hybridized carbons (Fsp3) is 0.421. The summed E-state index contributed by atoms with van der Waals surface area (Å²) in [4.78, 5) is 22.1. The van der Waals surface area contributed by atoms with E-state index in [2.05, 4.69) is 15.5 Å². The molecule has 1 aromatic carbocycles. The number of hydrogen-bond acceptors (Lipinski definition) is 9. The van der Waals surface area contributed by atoms with Gasteiger partial charge in [-0.15, -0.1) is 0 Å². The maximum Gasteiger partial charge on any atom is 0.280 e. The molecule has 4 rings (SSSR count). The third-order valence-corrected chi connectivity index (χ3v) is 7.76. The van der Waals surface area contributed by atoms with Crippen molar-refractivity contribution in [2.24, 2.45) is 5.16 Å².